The lowest BCUT2D eigenvalue weighted by molar-refractivity contribution is -0.145. The second-order valence-electron chi connectivity index (χ2n) is 14.6. The number of aromatic nitrogens is 5. The van der Waals surface area contributed by atoms with E-state index in [4.69, 9.17) is 18.9 Å². The standard InChI is InChI=1S/C44H44N8O7/c1-57-37(53)23-31(27-12-5-3-6-13-27)42(54)51-20-10-18-34(51)39-45-24-32(48-39)29-16-9-17-30(22-29)36-26-47-41(59-36)33-25-46-40(49-33)35-19-11-21-52(35)43(55)38(50-44(56)58-2)28-14-7-4-8-15-28/h3-9,12-17,22,24-26,31,34-35,38H,10-11,18-21,23H2,1-2H3,(H,45,48)(H,46,49)(H,50,56)/t31-,34+,35+,38-/m1/s1. The minimum absolute atomic E-state index is 0.0446. The number of ether oxygens (including phenoxy) is 2. The maximum Gasteiger partial charge on any atom is 0.407 e. The van der Waals surface area contributed by atoms with E-state index in [-0.39, 0.29) is 30.3 Å². The molecule has 2 aliphatic heterocycles. The van der Waals surface area contributed by atoms with Gasteiger partial charge in [0.25, 0.3) is 5.91 Å². The van der Waals surface area contributed by atoms with Crippen LogP contribution in [-0.4, -0.2) is 85.9 Å². The molecule has 4 atom stereocenters. The number of benzene rings is 3. The van der Waals surface area contributed by atoms with Crippen molar-refractivity contribution in [2.75, 3.05) is 27.3 Å². The summed E-state index contributed by atoms with van der Waals surface area (Å²) in [6.45, 7) is 1.07. The molecule has 3 amide bonds. The molecule has 0 spiro atoms. The van der Waals surface area contributed by atoms with Crippen LogP contribution in [0.5, 0.6) is 0 Å². The number of hydrogen-bond acceptors (Lipinski definition) is 10. The third-order valence-electron chi connectivity index (χ3n) is 11.0. The fourth-order valence-electron chi connectivity index (χ4n) is 8.03. The van der Waals surface area contributed by atoms with Gasteiger partial charge in [0.05, 0.1) is 62.9 Å². The van der Waals surface area contributed by atoms with Crippen LogP contribution in [0.2, 0.25) is 0 Å². The molecule has 8 rings (SSSR count). The zero-order valence-electron chi connectivity index (χ0n) is 32.7. The fraction of sp³-hybridized carbons (Fsp3) is 0.295. The van der Waals surface area contributed by atoms with Crippen LogP contribution in [-0.2, 0) is 23.9 Å². The highest BCUT2D eigenvalue weighted by molar-refractivity contribution is 5.89. The number of methoxy groups -OCH3 is 2. The lowest BCUT2D eigenvalue weighted by atomic mass is 9.94. The first-order valence-corrected chi connectivity index (χ1v) is 19.6. The minimum Gasteiger partial charge on any atom is -0.469 e. The van der Waals surface area contributed by atoms with Gasteiger partial charge in [-0.3, -0.25) is 14.4 Å². The predicted octanol–water partition coefficient (Wildman–Crippen LogP) is 6.89. The van der Waals surface area contributed by atoms with Gasteiger partial charge in [0, 0.05) is 24.2 Å². The summed E-state index contributed by atoms with van der Waals surface area (Å²) >= 11 is 0. The van der Waals surface area contributed by atoms with Crippen molar-refractivity contribution in [2.45, 2.75) is 56.1 Å². The van der Waals surface area contributed by atoms with E-state index in [0.29, 0.717) is 54.1 Å². The van der Waals surface area contributed by atoms with Crippen molar-refractivity contribution < 1.29 is 33.1 Å². The van der Waals surface area contributed by atoms with Crippen molar-refractivity contribution in [3.63, 3.8) is 0 Å². The van der Waals surface area contributed by atoms with Gasteiger partial charge in [-0.1, -0.05) is 78.9 Å². The topological polar surface area (TPSA) is 189 Å². The lowest BCUT2D eigenvalue weighted by Gasteiger charge is -2.28. The van der Waals surface area contributed by atoms with E-state index >= 15 is 0 Å². The molecule has 59 heavy (non-hydrogen) atoms. The summed E-state index contributed by atoms with van der Waals surface area (Å²) in [7, 11) is 2.59. The number of nitrogens with zero attached hydrogens (tertiary/aromatic N) is 5. The van der Waals surface area contributed by atoms with Crippen LogP contribution in [0.3, 0.4) is 0 Å². The summed E-state index contributed by atoms with van der Waals surface area (Å²) in [5.74, 6) is 0.659. The first-order chi connectivity index (χ1) is 28.8. The van der Waals surface area contributed by atoms with Gasteiger partial charge in [-0.2, -0.15) is 0 Å². The Kier molecular flexibility index (Phi) is 11.3. The Morgan fingerprint density at radius 2 is 1.34 bits per heavy atom. The van der Waals surface area contributed by atoms with Crippen molar-refractivity contribution in [3.05, 3.63) is 126 Å². The zero-order chi connectivity index (χ0) is 40.9. The summed E-state index contributed by atoms with van der Waals surface area (Å²) in [4.78, 5) is 76.7. The molecule has 2 saturated heterocycles. The van der Waals surface area contributed by atoms with Crippen molar-refractivity contribution >= 4 is 23.9 Å². The zero-order valence-corrected chi connectivity index (χ0v) is 32.7. The Hall–Kier alpha value is -7.03. The van der Waals surface area contributed by atoms with E-state index in [2.05, 4.69) is 25.3 Å². The molecule has 15 heteroatoms. The molecule has 5 heterocycles. The molecule has 0 aliphatic carbocycles. The minimum atomic E-state index is -0.921. The van der Waals surface area contributed by atoms with Crippen molar-refractivity contribution in [3.8, 4) is 34.2 Å². The van der Waals surface area contributed by atoms with E-state index in [1.54, 1.807) is 35.6 Å². The molecule has 0 saturated carbocycles. The molecule has 3 aromatic carbocycles. The Balaban J connectivity index is 0.969. The second-order valence-corrected chi connectivity index (χ2v) is 14.6. The highest BCUT2D eigenvalue weighted by Gasteiger charge is 2.38. The van der Waals surface area contributed by atoms with Crippen molar-refractivity contribution in [2.24, 2.45) is 0 Å². The average Bonchev–Trinajstić information content (AvgIpc) is 4.13. The van der Waals surface area contributed by atoms with Gasteiger partial charge in [-0.25, -0.2) is 19.7 Å². The van der Waals surface area contributed by atoms with E-state index in [9.17, 15) is 19.2 Å². The molecule has 15 nitrogen and oxygen atoms in total. The molecule has 2 aliphatic rings. The predicted molar refractivity (Wildman–Crippen MR) is 215 cm³/mol. The number of amides is 3. The van der Waals surface area contributed by atoms with Crippen molar-refractivity contribution in [1.82, 2.24) is 40.0 Å². The number of hydrogen-bond donors (Lipinski definition) is 3. The number of carbonyl (C=O) groups is 4. The number of imidazole rings is 2. The number of likely N-dealkylation sites (tertiary alicyclic amines) is 2. The molecule has 3 N–H and O–H groups in total. The summed E-state index contributed by atoms with van der Waals surface area (Å²) in [6, 6.07) is 24.7. The van der Waals surface area contributed by atoms with Crippen LogP contribution in [0.1, 0.15) is 78.9 Å². The molecule has 0 radical (unpaired) electrons. The number of alkyl carbamates (subject to hydrolysis) is 1. The highest BCUT2D eigenvalue weighted by atomic mass is 16.5. The highest BCUT2D eigenvalue weighted by Crippen LogP contribution is 2.37. The fourth-order valence-corrected chi connectivity index (χ4v) is 8.03. The van der Waals surface area contributed by atoms with E-state index in [1.165, 1.54) is 14.2 Å². The molecule has 0 bridgehead atoms. The molecule has 6 aromatic rings. The van der Waals surface area contributed by atoms with Gasteiger partial charge in [0.15, 0.2) is 5.76 Å². The van der Waals surface area contributed by atoms with Crippen molar-refractivity contribution in [1.29, 1.82) is 0 Å². The third-order valence-corrected chi connectivity index (χ3v) is 11.0. The molecule has 302 valence electrons. The molecule has 2 fully saturated rings. The summed E-state index contributed by atoms with van der Waals surface area (Å²) in [6.07, 6.45) is 7.34. The Labute approximate surface area is 340 Å². The maximum atomic E-state index is 14.0. The number of H-pyrrole nitrogens is 2. The van der Waals surface area contributed by atoms with Crippen LogP contribution < -0.4 is 5.32 Å². The Morgan fingerprint density at radius 1 is 0.729 bits per heavy atom. The summed E-state index contributed by atoms with van der Waals surface area (Å²) in [5.41, 5.74) is 4.42. The number of oxazole rings is 1. The van der Waals surface area contributed by atoms with Crippen LogP contribution in [0.15, 0.2) is 108 Å². The number of carbonyl (C=O) groups excluding carboxylic acids is 4. The van der Waals surface area contributed by atoms with Gasteiger partial charge in [0.1, 0.15) is 23.4 Å². The van der Waals surface area contributed by atoms with Crippen LogP contribution in [0, 0.1) is 0 Å². The average molecular weight is 797 g/mol. The first-order valence-electron chi connectivity index (χ1n) is 19.6. The van der Waals surface area contributed by atoms with E-state index in [1.807, 2.05) is 77.7 Å². The number of rotatable bonds is 12. The smallest absolute Gasteiger partial charge is 0.407 e. The maximum absolute atomic E-state index is 14.0. The molecule has 3 aromatic heterocycles. The Bertz CT molecular complexity index is 2430. The number of nitrogens with one attached hydrogen (secondary N) is 3. The molecule has 0 unspecified atom stereocenters. The first kappa shape index (κ1) is 38.8. The third kappa shape index (κ3) is 8.22. The number of esters is 1. The second kappa shape index (κ2) is 17.2. The number of aromatic amines is 2. The van der Waals surface area contributed by atoms with Gasteiger partial charge in [0.2, 0.25) is 11.8 Å². The molecular formula is C44H44N8O7. The van der Waals surface area contributed by atoms with Crippen LogP contribution >= 0.6 is 0 Å². The van der Waals surface area contributed by atoms with E-state index in [0.717, 1.165) is 41.6 Å². The quantitative estimate of drug-likeness (QED) is 0.110. The SMILES string of the molecule is COC(=O)C[C@@H](C(=O)N1CCC[C@H]1c1ncc(-c2cccc(-c3cnc(-c4cnc([C@@H]5CCCN5C(=O)[C@H](NC(=O)OC)c5ccccc5)[nH]4)o3)c2)[nH]1)c1ccccc1. The van der Waals surface area contributed by atoms with Gasteiger partial charge in [-0.15, -0.1) is 0 Å². The van der Waals surface area contributed by atoms with E-state index < -0.39 is 24.0 Å². The lowest BCUT2D eigenvalue weighted by Crippen LogP contribution is -2.42. The van der Waals surface area contributed by atoms with Gasteiger partial charge in [-0.05, 0) is 42.9 Å². The van der Waals surface area contributed by atoms with Crippen LogP contribution in [0.25, 0.3) is 34.2 Å². The van der Waals surface area contributed by atoms with Crippen LogP contribution in [0.4, 0.5) is 4.79 Å². The normalized spacial score (nSPS) is 17.4. The largest absolute Gasteiger partial charge is 0.469 e. The van der Waals surface area contributed by atoms with Gasteiger partial charge >= 0.3 is 12.1 Å². The monoisotopic (exact) mass is 796 g/mol. The van der Waals surface area contributed by atoms with Gasteiger partial charge < -0.3 is 39.0 Å². The summed E-state index contributed by atoms with van der Waals surface area (Å²) < 4.78 is 16.0. The summed E-state index contributed by atoms with van der Waals surface area (Å²) in [5, 5.41) is 2.69. The molecular weight excluding hydrogens is 753 g/mol. The Morgan fingerprint density at radius 3 is 2.00 bits per heavy atom.